The van der Waals surface area contributed by atoms with Crippen molar-refractivity contribution in [3.8, 4) is 0 Å². The van der Waals surface area contributed by atoms with Gasteiger partial charge in [0.2, 0.25) is 0 Å². The lowest BCUT2D eigenvalue weighted by Gasteiger charge is -2.17. The van der Waals surface area contributed by atoms with Gasteiger partial charge in [0.05, 0.1) is 0 Å². The minimum atomic E-state index is 1.19. The highest BCUT2D eigenvalue weighted by Crippen LogP contribution is 1.95. The van der Waals surface area contributed by atoms with Gasteiger partial charge in [0, 0.05) is 0 Å². The van der Waals surface area contributed by atoms with Gasteiger partial charge in [-0.1, -0.05) is 33.6 Å². The fourth-order valence-corrected chi connectivity index (χ4v) is 1.75. The van der Waals surface area contributed by atoms with Gasteiger partial charge in [0.15, 0.2) is 0 Å². The van der Waals surface area contributed by atoms with Gasteiger partial charge in [-0.3, -0.25) is 0 Å². The van der Waals surface area contributed by atoms with Crippen molar-refractivity contribution in [1.82, 2.24) is 10.2 Å². The molecule has 0 atom stereocenters. The smallest absolute Gasteiger partial charge is 0.00185 e. The van der Waals surface area contributed by atoms with E-state index in [-0.39, 0.29) is 0 Å². The molecule has 0 amide bonds. The number of rotatable bonds is 11. The van der Waals surface area contributed by atoms with Gasteiger partial charge in [-0.05, 0) is 52.0 Å². The SMILES string of the molecule is CCCCCNCCCCN(CC)CC. The highest BCUT2D eigenvalue weighted by molar-refractivity contribution is 4.54. The summed E-state index contributed by atoms with van der Waals surface area (Å²) in [4.78, 5) is 2.50. The minimum Gasteiger partial charge on any atom is -0.317 e. The molecule has 2 heteroatoms. The highest BCUT2D eigenvalue weighted by atomic mass is 15.1. The molecule has 0 fully saturated rings. The summed E-state index contributed by atoms with van der Waals surface area (Å²) in [6, 6.07) is 0. The number of unbranched alkanes of at least 4 members (excludes halogenated alkanes) is 3. The van der Waals surface area contributed by atoms with E-state index in [9.17, 15) is 0 Å². The predicted octanol–water partition coefficient (Wildman–Crippen LogP) is 2.89. The Morgan fingerprint density at radius 1 is 0.800 bits per heavy atom. The van der Waals surface area contributed by atoms with Gasteiger partial charge in [-0.25, -0.2) is 0 Å². The molecular formula is C13H30N2. The third-order valence-corrected chi connectivity index (χ3v) is 2.93. The first-order valence-corrected chi connectivity index (χ1v) is 6.78. The van der Waals surface area contributed by atoms with Crippen LogP contribution in [0.1, 0.15) is 52.9 Å². The van der Waals surface area contributed by atoms with E-state index in [1.165, 1.54) is 64.8 Å². The molecule has 0 bridgehead atoms. The molecule has 0 aromatic rings. The summed E-state index contributed by atoms with van der Waals surface area (Å²) in [5.41, 5.74) is 0. The lowest BCUT2D eigenvalue weighted by Crippen LogP contribution is -2.25. The fraction of sp³-hybridized carbons (Fsp3) is 1.00. The van der Waals surface area contributed by atoms with Crippen molar-refractivity contribution in [3.63, 3.8) is 0 Å². The van der Waals surface area contributed by atoms with E-state index in [0.29, 0.717) is 0 Å². The zero-order valence-electron chi connectivity index (χ0n) is 11.0. The molecule has 0 rings (SSSR count). The van der Waals surface area contributed by atoms with Crippen molar-refractivity contribution >= 4 is 0 Å². The molecule has 0 aliphatic carbocycles. The molecule has 0 aromatic heterocycles. The summed E-state index contributed by atoms with van der Waals surface area (Å²) >= 11 is 0. The topological polar surface area (TPSA) is 15.3 Å². The van der Waals surface area contributed by atoms with Gasteiger partial charge < -0.3 is 10.2 Å². The molecule has 0 aliphatic rings. The van der Waals surface area contributed by atoms with Crippen molar-refractivity contribution < 1.29 is 0 Å². The first kappa shape index (κ1) is 14.9. The lowest BCUT2D eigenvalue weighted by molar-refractivity contribution is 0.296. The second-order valence-corrected chi connectivity index (χ2v) is 4.19. The lowest BCUT2D eigenvalue weighted by atomic mass is 10.2. The summed E-state index contributed by atoms with van der Waals surface area (Å²) in [5, 5.41) is 3.51. The Morgan fingerprint density at radius 2 is 1.40 bits per heavy atom. The monoisotopic (exact) mass is 214 g/mol. The molecule has 0 aliphatic heterocycles. The zero-order valence-corrected chi connectivity index (χ0v) is 11.0. The molecule has 0 radical (unpaired) electrons. The van der Waals surface area contributed by atoms with E-state index in [4.69, 9.17) is 0 Å². The van der Waals surface area contributed by atoms with Crippen molar-refractivity contribution in [2.75, 3.05) is 32.7 Å². The molecule has 0 heterocycles. The maximum absolute atomic E-state index is 3.51. The summed E-state index contributed by atoms with van der Waals surface area (Å²) in [6.07, 6.45) is 6.69. The Balaban J connectivity index is 3.04. The van der Waals surface area contributed by atoms with Crippen LogP contribution in [0.5, 0.6) is 0 Å². The van der Waals surface area contributed by atoms with Crippen LogP contribution in [0.15, 0.2) is 0 Å². The van der Waals surface area contributed by atoms with Gasteiger partial charge >= 0.3 is 0 Å². The van der Waals surface area contributed by atoms with Crippen LogP contribution in [0.4, 0.5) is 0 Å². The largest absolute Gasteiger partial charge is 0.317 e. The van der Waals surface area contributed by atoms with Crippen LogP contribution in [0, 0.1) is 0 Å². The molecule has 0 spiro atoms. The average molecular weight is 214 g/mol. The molecule has 0 saturated heterocycles. The molecule has 15 heavy (non-hydrogen) atoms. The molecule has 0 aromatic carbocycles. The van der Waals surface area contributed by atoms with Crippen molar-refractivity contribution in [2.24, 2.45) is 0 Å². The van der Waals surface area contributed by atoms with Crippen LogP contribution in [0.25, 0.3) is 0 Å². The number of nitrogens with zero attached hydrogens (tertiary/aromatic N) is 1. The maximum Gasteiger partial charge on any atom is -0.00185 e. The van der Waals surface area contributed by atoms with Crippen molar-refractivity contribution in [3.05, 3.63) is 0 Å². The first-order chi connectivity index (χ1) is 7.35. The summed E-state index contributed by atoms with van der Waals surface area (Å²) in [7, 11) is 0. The Bertz CT molecular complexity index is 111. The summed E-state index contributed by atoms with van der Waals surface area (Å²) < 4.78 is 0. The van der Waals surface area contributed by atoms with Crippen LogP contribution in [-0.4, -0.2) is 37.6 Å². The Hall–Kier alpha value is -0.0800. The van der Waals surface area contributed by atoms with Crippen LogP contribution >= 0.6 is 0 Å². The number of hydrogen-bond acceptors (Lipinski definition) is 2. The molecule has 2 nitrogen and oxygen atoms in total. The summed E-state index contributed by atoms with van der Waals surface area (Å²) in [6.45, 7) is 12.8. The number of hydrogen-bond donors (Lipinski definition) is 1. The van der Waals surface area contributed by atoms with Crippen molar-refractivity contribution in [2.45, 2.75) is 52.9 Å². The molecule has 0 saturated carbocycles. The Labute approximate surface area is 96.4 Å². The average Bonchev–Trinajstić information content (AvgIpc) is 2.27. The quantitative estimate of drug-likeness (QED) is 0.532. The third kappa shape index (κ3) is 10.2. The molecule has 92 valence electrons. The van der Waals surface area contributed by atoms with E-state index in [1.807, 2.05) is 0 Å². The van der Waals surface area contributed by atoms with E-state index in [2.05, 4.69) is 31.0 Å². The highest BCUT2D eigenvalue weighted by Gasteiger charge is 1.97. The van der Waals surface area contributed by atoms with E-state index in [0.717, 1.165) is 0 Å². The zero-order chi connectivity index (χ0) is 11.4. The Morgan fingerprint density at radius 3 is 1.93 bits per heavy atom. The predicted molar refractivity (Wildman–Crippen MR) is 69.4 cm³/mol. The standard InChI is InChI=1S/C13H30N2/c1-4-7-8-11-14-12-9-10-13-15(5-2)6-3/h14H,4-13H2,1-3H3. The van der Waals surface area contributed by atoms with Gasteiger partial charge in [-0.15, -0.1) is 0 Å². The van der Waals surface area contributed by atoms with Crippen LogP contribution in [-0.2, 0) is 0 Å². The molecule has 0 unspecified atom stereocenters. The second-order valence-electron chi connectivity index (χ2n) is 4.19. The van der Waals surface area contributed by atoms with Crippen molar-refractivity contribution in [1.29, 1.82) is 0 Å². The van der Waals surface area contributed by atoms with Crippen LogP contribution in [0.2, 0.25) is 0 Å². The molecular weight excluding hydrogens is 184 g/mol. The van der Waals surface area contributed by atoms with Gasteiger partial charge in [0.25, 0.3) is 0 Å². The molecule has 1 N–H and O–H groups in total. The van der Waals surface area contributed by atoms with Gasteiger partial charge in [-0.2, -0.15) is 0 Å². The van der Waals surface area contributed by atoms with Crippen LogP contribution < -0.4 is 5.32 Å². The second kappa shape index (κ2) is 12.0. The number of nitrogens with one attached hydrogen (secondary N) is 1. The third-order valence-electron chi connectivity index (χ3n) is 2.93. The normalized spacial score (nSPS) is 11.2. The first-order valence-electron chi connectivity index (χ1n) is 6.78. The minimum absolute atomic E-state index is 1.19. The van der Waals surface area contributed by atoms with Gasteiger partial charge in [0.1, 0.15) is 0 Å². The Kier molecular flexibility index (Phi) is 11.9. The maximum atomic E-state index is 3.51. The fourth-order valence-electron chi connectivity index (χ4n) is 1.75. The van der Waals surface area contributed by atoms with E-state index in [1.54, 1.807) is 0 Å². The van der Waals surface area contributed by atoms with E-state index >= 15 is 0 Å². The summed E-state index contributed by atoms with van der Waals surface area (Å²) in [5.74, 6) is 0. The van der Waals surface area contributed by atoms with Crippen LogP contribution in [0.3, 0.4) is 0 Å². The van der Waals surface area contributed by atoms with E-state index < -0.39 is 0 Å².